The molecule has 3 fully saturated rings. The van der Waals surface area contributed by atoms with Crippen molar-refractivity contribution < 1.29 is 0 Å². The molecule has 2 atom stereocenters. The first-order valence-corrected chi connectivity index (χ1v) is 6.34. The van der Waals surface area contributed by atoms with E-state index in [4.69, 9.17) is 0 Å². The van der Waals surface area contributed by atoms with Gasteiger partial charge in [-0.2, -0.15) is 0 Å². The molecule has 2 unspecified atom stereocenters. The standard InChI is InChI=1S/C12H22N2/c1-10-8-13-7-3-2-4-12(13)9-14(10)11-5-6-11/h10-12H,2-9H2,1H3. The summed E-state index contributed by atoms with van der Waals surface area (Å²) in [4.78, 5) is 5.53. The van der Waals surface area contributed by atoms with Crippen molar-refractivity contribution in [3.8, 4) is 0 Å². The molecule has 1 aliphatic carbocycles. The second-order valence-electron chi connectivity index (χ2n) is 5.42. The van der Waals surface area contributed by atoms with E-state index in [1.165, 1.54) is 51.7 Å². The predicted octanol–water partition coefficient (Wildman–Crippen LogP) is 1.71. The van der Waals surface area contributed by atoms with Gasteiger partial charge >= 0.3 is 0 Å². The molecule has 3 aliphatic rings. The lowest BCUT2D eigenvalue weighted by Crippen LogP contribution is -2.59. The normalized spacial score (nSPS) is 40.9. The largest absolute Gasteiger partial charge is 0.298 e. The molecule has 2 aliphatic heterocycles. The average molecular weight is 194 g/mol. The summed E-state index contributed by atoms with van der Waals surface area (Å²) in [6, 6.07) is 2.69. The van der Waals surface area contributed by atoms with Gasteiger partial charge in [0.15, 0.2) is 0 Å². The van der Waals surface area contributed by atoms with Gasteiger partial charge in [-0.3, -0.25) is 9.80 Å². The van der Waals surface area contributed by atoms with Crippen LogP contribution in [-0.4, -0.2) is 47.6 Å². The first-order valence-electron chi connectivity index (χ1n) is 6.34. The Hall–Kier alpha value is -0.0800. The number of piperazine rings is 1. The summed E-state index contributed by atoms with van der Waals surface area (Å²) >= 11 is 0. The second-order valence-corrected chi connectivity index (χ2v) is 5.42. The van der Waals surface area contributed by atoms with E-state index in [0.29, 0.717) is 0 Å². The third-order valence-corrected chi connectivity index (χ3v) is 4.25. The first-order chi connectivity index (χ1) is 6.84. The van der Waals surface area contributed by atoms with Gasteiger partial charge in [0.1, 0.15) is 0 Å². The number of nitrogens with zero attached hydrogens (tertiary/aromatic N) is 2. The third kappa shape index (κ3) is 1.59. The number of hydrogen-bond acceptors (Lipinski definition) is 2. The van der Waals surface area contributed by atoms with Crippen molar-refractivity contribution in [2.75, 3.05) is 19.6 Å². The number of rotatable bonds is 1. The Morgan fingerprint density at radius 1 is 0.929 bits per heavy atom. The molecule has 0 amide bonds. The molecular weight excluding hydrogens is 172 g/mol. The van der Waals surface area contributed by atoms with E-state index in [2.05, 4.69) is 16.7 Å². The minimum atomic E-state index is 0.817. The van der Waals surface area contributed by atoms with Gasteiger partial charge in [-0.1, -0.05) is 6.42 Å². The minimum absolute atomic E-state index is 0.817. The van der Waals surface area contributed by atoms with E-state index in [0.717, 1.165) is 18.1 Å². The van der Waals surface area contributed by atoms with Crippen LogP contribution >= 0.6 is 0 Å². The molecule has 1 saturated carbocycles. The SMILES string of the molecule is CC1CN2CCCCC2CN1C1CC1. The van der Waals surface area contributed by atoms with Gasteiger partial charge in [0.05, 0.1) is 0 Å². The van der Waals surface area contributed by atoms with E-state index in [1.807, 2.05) is 0 Å². The lowest BCUT2D eigenvalue weighted by molar-refractivity contribution is 0.0109. The van der Waals surface area contributed by atoms with E-state index in [9.17, 15) is 0 Å². The van der Waals surface area contributed by atoms with Crippen molar-refractivity contribution in [1.82, 2.24) is 9.80 Å². The molecule has 0 aromatic heterocycles. The van der Waals surface area contributed by atoms with Gasteiger partial charge < -0.3 is 0 Å². The van der Waals surface area contributed by atoms with Crippen molar-refractivity contribution in [3.63, 3.8) is 0 Å². The average Bonchev–Trinajstić information content (AvgIpc) is 3.00. The summed E-state index contributed by atoms with van der Waals surface area (Å²) < 4.78 is 0. The molecule has 0 spiro atoms. The number of fused-ring (bicyclic) bond motifs is 1. The maximum Gasteiger partial charge on any atom is 0.0224 e. The molecular formula is C12H22N2. The highest BCUT2D eigenvalue weighted by Crippen LogP contribution is 2.33. The summed E-state index contributed by atoms with van der Waals surface area (Å²) in [5, 5.41) is 0. The van der Waals surface area contributed by atoms with Crippen molar-refractivity contribution in [1.29, 1.82) is 0 Å². The molecule has 0 radical (unpaired) electrons. The zero-order valence-electron chi connectivity index (χ0n) is 9.28. The maximum atomic E-state index is 2.78. The van der Waals surface area contributed by atoms with Crippen LogP contribution in [0.4, 0.5) is 0 Å². The summed E-state index contributed by atoms with van der Waals surface area (Å²) in [6.45, 7) is 6.49. The topological polar surface area (TPSA) is 6.48 Å². The summed E-state index contributed by atoms with van der Waals surface area (Å²) in [6.07, 6.45) is 7.30. The van der Waals surface area contributed by atoms with Gasteiger partial charge in [-0.05, 0) is 39.2 Å². The van der Waals surface area contributed by atoms with E-state index >= 15 is 0 Å². The summed E-state index contributed by atoms with van der Waals surface area (Å²) in [5.74, 6) is 0. The van der Waals surface area contributed by atoms with Gasteiger partial charge in [-0.25, -0.2) is 0 Å². The Morgan fingerprint density at radius 3 is 2.57 bits per heavy atom. The fraction of sp³-hybridized carbons (Fsp3) is 1.00. The lowest BCUT2D eigenvalue weighted by Gasteiger charge is -2.47. The van der Waals surface area contributed by atoms with Crippen LogP contribution < -0.4 is 0 Å². The number of hydrogen-bond donors (Lipinski definition) is 0. The second kappa shape index (κ2) is 3.49. The van der Waals surface area contributed by atoms with E-state index in [1.54, 1.807) is 0 Å². The zero-order valence-corrected chi connectivity index (χ0v) is 9.28. The molecule has 0 N–H and O–H groups in total. The Bertz CT molecular complexity index is 212. The molecule has 2 heteroatoms. The van der Waals surface area contributed by atoms with Crippen LogP contribution in [0.1, 0.15) is 39.0 Å². The van der Waals surface area contributed by atoms with Crippen LogP contribution in [0, 0.1) is 0 Å². The number of piperidine rings is 1. The first kappa shape index (κ1) is 9.17. The molecule has 2 nitrogen and oxygen atoms in total. The molecule has 0 aromatic carbocycles. The van der Waals surface area contributed by atoms with Crippen LogP contribution in [0.3, 0.4) is 0 Å². The molecule has 14 heavy (non-hydrogen) atoms. The zero-order chi connectivity index (χ0) is 9.54. The van der Waals surface area contributed by atoms with Crippen molar-refractivity contribution >= 4 is 0 Å². The van der Waals surface area contributed by atoms with Gasteiger partial charge in [0.2, 0.25) is 0 Å². The Balaban J connectivity index is 1.67. The van der Waals surface area contributed by atoms with Crippen LogP contribution in [-0.2, 0) is 0 Å². The van der Waals surface area contributed by atoms with Crippen molar-refractivity contribution in [2.45, 2.75) is 57.2 Å². The highest BCUT2D eigenvalue weighted by atomic mass is 15.3. The van der Waals surface area contributed by atoms with Gasteiger partial charge in [0.25, 0.3) is 0 Å². The minimum Gasteiger partial charge on any atom is -0.298 e. The maximum absolute atomic E-state index is 2.78. The van der Waals surface area contributed by atoms with Crippen LogP contribution in [0.25, 0.3) is 0 Å². The van der Waals surface area contributed by atoms with Crippen molar-refractivity contribution in [2.24, 2.45) is 0 Å². The Kier molecular flexibility index (Phi) is 2.29. The lowest BCUT2D eigenvalue weighted by atomic mass is 9.97. The fourth-order valence-electron chi connectivity index (χ4n) is 3.29. The molecule has 2 saturated heterocycles. The highest BCUT2D eigenvalue weighted by molar-refractivity contribution is 4.95. The Morgan fingerprint density at radius 2 is 1.79 bits per heavy atom. The highest BCUT2D eigenvalue weighted by Gasteiger charge is 2.39. The Labute approximate surface area is 87.3 Å². The van der Waals surface area contributed by atoms with Crippen molar-refractivity contribution in [3.05, 3.63) is 0 Å². The van der Waals surface area contributed by atoms with Gasteiger partial charge in [-0.15, -0.1) is 0 Å². The van der Waals surface area contributed by atoms with Crippen LogP contribution in [0.5, 0.6) is 0 Å². The molecule has 3 rings (SSSR count). The molecule has 0 bridgehead atoms. The monoisotopic (exact) mass is 194 g/mol. The molecule has 0 aromatic rings. The quantitative estimate of drug-likeness (QED) is 0.627. The molecule has 2 heterocycles. The van der Waals surface area contributed by atoms with E-state index < -0.39 is 0 Å². The third-order valence-electron chi connectivity index (χ3n) is 4.25. The predicted molar refractivity (Wildman–Crippen MR) is 58.4 cm³/mol. The molecule has 80 valence electrons. The van der Waals surface area contributed by atoms with Crippen LogP contribution in [0.2, 0.25) is 0 Å². The van der Waals surface area contributed by atoms with Gasteiger partial charge in [0, 0.05) is 31.2 Å². The van der Waals surface area contributed by atoms with Crippen LogP contribution in [0.15, 0.2) is 0 Å². The summed E-state index contributed by atoms with van der Waals surface area (Å²) in [7, 11) is 0. The smallest absolute Gasteiger partial charge is 0.0224 e. The fourth-order valence-corrected chi connectivity index (χ4v) is 3.29. The summed E-state index contributed by atoms with van der Waals surface area (Å²) in [5.41, 5.74) is 0. The van der Waals surface area contributed by atoms with E-state index in [-0.39, 0.29) is 0 Å².